The molecule has 4 rings (SSSR count). The van der Waals surface area contributed by atoms with Crippen molar-refractivity contribution < 1.29 is 9.53 Å². The van der Waals surface area contributed by atoms with Gasteiger partial charge in [-0.1, -0.05) is 36.4 Å². The summed E-state index contributed by atoms with van der Waals surface area (Å²) >= 11 is 1.68. The molecular formula is C21H19N3O2S. The average Bonchev–Trinajstić information content (AvgIpc) is 3.04. The Bertz CT molecular complexity index is 1110. The van der Waals surface area contributed by atoms with Gasteiger partial charge in [0.15, 0.2) is 0 Å². The van der Waals surface area contributed by atoms with Gasteiger partial charge in [0.2, 0.25) is 0 Å². The highest BCUT2D eigenvalue weighted by molar-refractivity contribution is 7.97. The van der Waals surface area contributed by atoms with Gasteiger partial charge in [-0.25, -0.2) is 9.97 Å². The van der Waals surface area contributed by atoms with Crippen molar-refractivity contribution in [1.82, 2.24) is 14.5 Å². The maximum atomic E-state index is 12.4. The van der Waals surface area contributed by atoms with Crippen LogP contribution in [-0.4, -0.2) is 26.8 Å². The van der Waals surface area contributed by atoms with E-state index in [0.717, 1.165) is 39.2 Å². The number of thioether (sulfide) groups is 1. The van der Waals surface area contributed by atoms with E-state index in [1.54, 1.807) is 11.8 Å². The van der Waals surface area contributed by atoms with Crippen LogP contribution >= 0.6 is 11.8 Å². The normalized spacial score (nSPS) is 11.1. The maximum Gasteiger partial charge on any atom is 0.326 e. The zero-order valence-corrected chi connectivity index (χ0v) is 15.8. The van der Waals surface area contributed by atoms with E-state index in [1.165, 1.54) is 0 Å². The average molecular weight is 377 g/mol. The Kier molecular flexibility index (Phi) is 5.07. The highest BCUT2D eigenvalue weighted by Gasteiger charge is 2.14. The highest BCUT2D eigenvalue weighted by atomic mass is 32.2. The molecule has 136 valence electrons. The summed E-state index contributed by atoms with van der Waals surface area (Å²) in [5.74, 6) is 1.33. The van der Waals surface area contributed by atoms with Gasteiger partial charge in [-0.15, -0.1) is 0 Å². The molecule has 5 nitrogen and oxygen atoms in total. The molecule has 2 aromatic carbocycles. The van der Waals surface area contributed by atoms with Crippen molar-refractivity contribution in [3.05, 3.63) is 72.2 Å². The quantitative estimate of drug-likeness (QED) is 0.472. The second kappa shape index (κ2) is 7.80. The van der Waals surface area contributed by atoms with Crippen LogP contribution in [0.2, 0.25) is 0 Å². The number of ether oxygens (including phenoxy) is 1. The summed E-state index contributed by atoms with van der Waals surface area (Å²) in [7, 11) is 0. The minimum atomic E-state index is -0.296. The van der Waals surface area contributed by atoms with Crippen molar-refractivity contribution >= 4 is 39.7 Å². The molecule has 0 aliphatic carbocycles. The third-order valence-electron chi connectivity index (χ3n) is 4.33. The van der Waals surface area contributed by atoms with Gasteiger partial charge in [0.05, 0.1) is 28.0 Å². The molecule has 0 saturated heterocycles. The molecule has 0 saturated carbocycles. The summed E-state index contributed by atoms with van der Waals surface area (Å²) in [5.41, 5.74) is 3.48. The van der Waals surface area contributed by atoms with Gasteiger partial charge in [-0.05, 0) is 30.5 Å². The molecule has 0 fully saturated rings. The Balaban J connectivity index is 1.49. The molecule has 0 aliphatic heterocycles. The van der Waals surface area contributed by atoms with E-state index in [0.29, 0.717) is 0 Å². The number of carbonyl (C=O) groups is 1. The van der Waals surface area contributed by atoms with Crippen LogP contribution in [-0.2, 0) is 28.4 Å². The molecule has 0 unspecified atom stereocenters. The molecular weight excluding hydrogens is 358 g/mol. The first-order valence-corrected chi connectivity index (χ1v) is 10.1. The summed E-state index contributed by atoms with van der Waals surface area (Å²) in [6.45, 7) is 0.304. The van der Waals surface area contributed by atoms with Gasteiger partial charge >= 0.3 is 5.97 Å². The van der Waals surface area contributed by atoms with Gasteiger partial charge in [0, 0.05) is 5.39 Å². The van der Waals surface area contributed by atoms with Crippen LogP contribution in [0, 0.1) is 0 Å². The zero-order chi connectivity index (χ0) is 18.6. The largest absolute Gasteiger partial charge is 0.458 e. The van der Waals surface area contributed by atoms with Gasteiger partial charge in [0.1, 0.15) is 19.0 Å². The lowest BCUT2D eigenvalue weighted by Crippen LogP contribution is -2.15. The van der Waals surface area contributed by atoms with E-state index >= 15 is 0 Å². The minimum Gasteiger partial charge on any atom is -0.458 e. The van der Waals surface area contributed by atoms with E-state index in [9.17, 15) is 4.79 Å². The number of para-hydroxylation sites is 3. The molecule has 0 aliphatic rings. The van der Waals surface area contributed by atoms with E-state index in [1.807, 2.05) is 71.5 Å². The number of nitrogens with zero attached hydrogens (tertiary/aromatic N) is 3. The molecule has 0 radical (unpaired) electrons. The Morgan fingerprint density at radius 2 is 1.78 bits per heavy atom. The van der Waals surface area contributed by atoms with Gasteiger partial charge < -0.3 is 9.30 Å². The van der Waals surface area contributed by atoms with Crippen LogP contribution in [0.5, 0.6) is 0 Å². The van der Waals surface area contributed by atoms with Crippen molar-refractivity contribution in [2.24, 2.45) is 0 Å². The zero-order valence-electron chi connectivity index (χ0n) is 15.0. The molecule has 0 amide bonds. The fraction of sp³-hybridized carbons (Fsp3) is 0.190. The van der Waals surface area contributed by atoms with Crippen molar-refractivity contribution in [3.63, 3.8) is 0 Å². The summed E-state index contributed by atoms with van der Waals surface area (Å²) in [6.07, 6.45) is 2.02. The number of hydrogen-bond acceptors (Lipinski definition) is 5. The fourth-order valence-corrected chi connectivity index (χ4v) is 3.54. The molecule has 0 N–H and O–H groups in total. The van der Waals surface area contributed by atoms with Gasteiger partial charge in [-0.2, -0.15) is 11.8 Å². The number of benzene rings is 2. The lowest BCUT2D eigenvalue weighted by molar-refractivity contribution is -0.145. The summed E-state index contributed by atoms with van der Waals surface area (Å²) in [6, 6.07) is 19.6. The Labute approximate surface area is 161 Å². The number of hydrogen-bond donors (Lipinski definition) is 0. The predicted molar refractivity (Wildman–Crippen MR) is 108 cm³/mol. The number of imidazole rings is 1. The Morgan fingerprint density at radius 3 is 2.63 bits per heavy atom. The van der Waals surface area contributed by atoms with E-state index < -0.39 is 0 Å². The van der Waals surface area contributed by atoms with E-state index in [2.05, 4.69) is 9.97 Å². The molecule has 27 heavy (non-hydrogen) atoms. The predicted octanol–water partition coefficient (Wildman–Crippen LogP) is 4.19. The monoisotopic (exact) mass is 377 g/mol. The summed E-state index contributed by atoms with van der Waals surface area (Å²) in [4.78, 5) is 21.6. The summed E-state index contributed by atoms with van der Waals surface area (Å²) < 4.78 is 7.41. The maximum absolute atomic E-state index is 12.4. The molecule has 6 heteroatoms. The second-order valence-corrected chi connectivity index (χ2v) is 7.06. The first-order chi connectivity index (χ1) is 13.2. The molecule has 2 heterocycles. The molecule has 0 bridgehead atoms. The first-order valence-electron chi connectivity index (χ1n) is 8.68. The lowest BCUT2D eigenvalue weighted by Gasteiger charge is -2.09. The van der Waals surface area contributed by atoms with Crippen LogP contribution in [0.3, 0.4) is 0 Å². The number of pyridine rings is 1. The second-order valence-electron chi connectivity index (χ2n) is 6.19. The van der Waals surface area contributed by atoms with Crippen LogP contribution in [0.15, 0.2) is 60.7 Å². The number of fused-ring (bicyclic) bond motifs is 2. The van der Waals surface area contributed by atoms with E-state index in [-0.39, 0.29) is 19.1 Å². The number of carbonyl (C=O) groups excluding carboxylic acids is 1. The van der Waals surface area contributed by atoms with Crippen LogP contribution in [0.1, 0.15) is 11.5 Å². The Hall–Kier alpha value is -2.86. The van der Waals surface area contributed by atoms with Gasteiger partial charge in [-0.3, -0.25) is 4.79 Å². The molecule has 0 spiro atoms. The van der Waals surface area contributed by atoms with Crippen molar-refractivity contribution in [2.45, 2.75) is 18.9 Å². The lowest BCUT2D eigenvalue weighted by atomic mass is 10.2. The van der Waals surface area contributed by atoms with Crippen molar-refractivity contribution in [1.29, 1.82) is 0 Å². The smallest absolute Gasteiger partial charge is 0.326 e. The SMILES string of the molecule is CSCc1nc2ccccc2n1CC(=O)OCc1ccc2ccccc2n1. The molecule has 4 aromatic rings. The first kappa shape index (κ1) is 17.5. The third-order valence-corrected chi connectivity index (χ3v) is 4.88. The number of rotatable bonds is 6. The van der Waals surface area contributed by atoms with Crippen LogP contribution < -0.4 is 0 Å². The number of aromatic nitrogens is 3. The van der Waals surface area contributed by atoms with Crippen molar-refractivity contribution in [2.75, 3.05) is 6.26 Å². The van der Waals surface area contributed by atoms with Crippen molar-refractivity contribution in [3.8, 4) is 0 Å². The Morgan fingerprint density at radius 1 is 1.00 bits per heavy atom. The van der Waals surface area contributed by atoms with Crippen LogP contribution in [0.4, 0.5) is 0 Å². The number of esters is 1. The third kappa shape index (κ3) is 3.80. The molecule has 0 atom stereocenters. The topological polar surface area (TPSA) is 57.0 Å². The van der Waals surface area contributed by atoms with Gasteiger partial charge in [0.25, 0.3) is 0 Å². The highest BCUT2D eigenvalue weighted by Crippen LogP contribution is 2.19. The molecule has 2 aromatic heterocycles. The van der Waals surface area contributed by atoms with E-state index in [4.69, 9.17) is 4.74 Å². The van der Waals surface area contributed by atoms with Crippen LogP contribution in [0.25, 0.3) is 21.9 Å². The standard InChI is InChI=1S/C21H19N3O2S/c1-27-14-20-23-18-8-4-5-9-19(18)24(20)12-21(25)26-13-16-11-10-15-6-2-3-7-17(15)22-16/h2-11H,12-14H2,1H3. The summed E-state index contributed by atoms with van der Waals surface area (Å²) in [5, 5.41) is 1.07. The minimum absolute atomic E-state index is 0.143. The fourth-order valence-electron chi connectivity index (χ4n) is 3.06.